The summed E-state index contributed by atoms with van der Waals surface area (Å²) in [5.41, 5.74) is -0.827. The third-order valence-electron chi connectivity index (χ3n) is 3.02. The molecule has 116 valence electrons. The van der Waals surface area contributed by atoms with Crippen LogP contribution in [-0.2, 0) is 4.74 Å². The molecule has 21 heavy (non-hydrogen) atoms. The summed E-state index contributed by atoms with van der Waals surface area (Å²) in [5.74, 6) is 0.640. The lowest BCUT2D eigenvalue weighted by molar-refractivity contribution is 0.0477. The molecule has 1 fully saturated rings. The molecule has 1 saturated carbocycles. The van der Waals surface area contributed by atoms with E-state index in [2.05, 4.69) is 27.9 Å². The number of halogens is 2. The van der Waals surface area contributed by atoms with E-state index < -0.39 is 11.7 Å². The number of ether oxygens (including phenoxy) is 2. The van der Waals surface area contributed by atoms with Crippen LogP contribution in [0.25, 0.3) is 0 Å². The van der Waals surface area contributed by atoms with Gasteiger partial charge in [0.25, 0.3) is 0 Å². The maximum absolute atomic E-state index is 11.8. The molecule has 6 heteroatoms. The molecule has 2 rings (SSSR count). The molecule has 0 radical (unpaired) electrons. The molecule has 0 aliphatic heterocycles. The standard InChI is InChI=1S/C15H19ClINO3/c1-14(2,3)21-13(19)18-15(6-7-15)9-20-12-8-10(17)4-5-11(12)16/h4-5,8H,6-7,9H2,1-3H3,(H,18,19). The number of benzene rings is 1. The predicted molar refractivity (Wildman–Crippen MR) is 91.0 cm³/mol. The fourth-order valence-electron chi connectivity index (χ4n) is 1.78. The van der Waals surface area contributed by atoms with E-state index in [9.17, 15) is 4.79 Å². The molecule has 4 nitrogen and oxygen atoms in total. The zero-order chi connectivity index (χ0) is 15.7. The molecule has 1 aromatic carbocycles. The lowest BCUT2D eigenvalue weighted by Crippen LogP contribution is -2.44. The second-order valence-corrected chi connectivity index (χ2v) is 7.92. The van der Waals surface area contributed by atoms with Crippen molar-refractivity contribution >= 4 is 40.3 Å². The van der Waals surface area contributed by atoms with Crippen molar-refractivity contribution in [2.24, 2.45) is 0 Å². The fourth-order valence-corrected chi connectivity index (χ4v) is 2.41. The average Bonchev–Trinajstić information content (AvgIpc) is 3.08. The Morgan fingerprint density at radius 3 is 2.67 bits per heavy atom. The third kappa shape index (κ3) is 5.21. The van der Waals surface area contributed by atoms with E-state index in [1.165, 1.54) is 0 Å². The number of carbonyl (C=O) groups is 1. The molecule has 0 saturated heterocycles. The van der Waals surface area contributed by atoms with Gasteiger partial charge in [-0.05, 0) is 74.4 Å². The van der Waals surface area contributed by atoms with Gasteiger partial charge in [-0.15, -0.1) is 0 Å². The summed E-state index contributed by atoms with van der Waals surface area (Å²) in [7, 11) is 0. The van der Waals surface area contributed by atoms with E-state index in [1.54, 1.807) is 6.07 Å². The van der Waals surface area contributed by atoms with Gasteiger partial charge in [0.15, 0.2) is 0 Å². The van der Waals surface area contributed by atoms with E-state index in [4.69, 9.17) is 21.1 Å². The molecule has 0 unspecified atom stereocenters. The number of amides is 1. The van der Waals surface area contributed by atoms with Crippen LogP contribution in [-0.4, -0.2) is 23.8 Å². The number of rotatable bonds is 4. The van der Waals surface area contributed by atoms with Crippen molar-refractivity contribution in [3.8, 4) is 5.75 Å². The van der Waals surface area contributed by atoms with Crippen LogP contribution >= 0.6 is 34.2 Å². The number of alkyl carbamates (subject to hydrolysis) is 1. The maximum Gasteiger partial charge on any atom is 0.408 e. The Hall–Kier alpha value is -0.690. The highest BCUT2D eigenvalue weighted by molar-refractivity contribution is 14.1. The molecule has 0 aromatic heterocycles. The first kappa shape index (κ1) is 16.7. The summed E-state index contributed by atoms with van der Waals surface area (Å²) in [6.45, 7) is 5.92. The van der Waals surface area contributed by atoms with Gasteiger partial charge in [-0.1, -0.05) is 11.6 Å². The van der Waals surface area contributed by atoms with Gasteiger partial charge in [-0.3, -0.25) is 0 Å². The normalized spacial score (nSPS) is 16.2. The molecule has 0 atom stereocenters. The van der Waals surface area contributed by atoms with Crippen molar-refractivity contribution in [1.29, 1.82) is 0 Å². The van der Waals surface area contributed by atoms with Crippen LogP contribution in [0.5, 0.6) is 5.75 Å². The van der Waals surface area contributed by atoms with Crippen molar-refractivity contribution in [3.05, 3.63) is 26.8 Å². The zero-order valence-electron chi connectivity index (χ0n) is 12.3. The SMILES string of the molecule is CC(C)(C)OC(=O)NC1(COc2cc(I)ccc2Cl)CC1. The van der Waals surface area contributed by atoms with Gasteiger partial charge in [0.2, 0.25) is 0 Å². The minimum absolute atomic E-state index is 0.326. The number of hydrogen-bond acceptors (Lipinski definition) is 3. The highest BCUT2D eigenvalue weighted by Crippen LogP contribution is 2.37. The van der Waals surface area contributed by atoms with Gasteiger partial charge in [0.05, 0.1) is 10.6 Å². The van der Waals surface area contributed by atoms with Gasteiger partial charge in [0.1, 0.15) is 18.0 Å². The monoisotopic (exact) mass is 423 g/mol. The number of carbonyl (C=O) groups excluding carboxylic acids is 1. The van der Waals surface area contributed by atoms with E-state index in [-0.39, 0.29) is 5.54 Å². The lowest BCUT2D eigenvalue weighted by Gasteiger charge is -2.23. The molecular weight excluding hydrogens is 405 g/mol. The largest absolute Gasteiger partial charge is 0.490 e. The number of nitrogens with one attached hydrogen (secondary N) is 1. The van der Waals surface area contributed by atoms with Gasteiger partial charge < -0.3 is 14.8 Å². The summed E-state index contributed by atoms with van der Waals surface area (Å²) in [5, 5.41) is 3.47. The van der Waals surface area contributed by atoms with Crippen LogP contribution in [0.2, 0.25) is 5.02 Å². The quantitative estimate of drug-likeness (QED) is 0.731. The zero-order valence-corrected chi connectivity index (χ0v) is 15.2. The fraction of sp³-hybridized carbons (Fsp3) is 0.533. The van der Waals surface area contributed by atoms with Crippen molar-refractivity contribution in [3.63, 3.8) is 0 Å². The summed E-state index contributed by atoms with van der Waals surface area (Å²) in [6.07, 6.45) is 1.36. The minimum atomic E-state index is -0.500. The molecular formula is C15H19ClINO3. The minimum Gasteiger partial charge on any atom is -0.490 e. The first-order valence-electron chi connectivity index (χ1n) is 6.78. The van der Waals surface area contributed by atoms with Crippen molar-refractivity contribution in [2.45, 2.75) is 44.8 Å². The molecule has 1 N–H and O–H groups in total. The number of hydrogen-bond donors (Lipinski definition) is 1. The summed E-state index contributed by atoms with van der Waals surface area (Å²) >= 11 is 8.30. The lowest BCUT2D eigenvalue weighted by atomic mass is 10.2. The van der Waals surface area contributed by atoms with Crippen molar-refractivity contribution in [2.75, 3.05) is 6.61 Å². The van der Waals surface area contributed by atoms with E-state index in [0.29, 0.717) is 17.4 Å². The van der Waals surface area contributed by atoms with Crippen LogP contribution < -0.4 is 10.1 Å². The van der Waals surface area contributed by atoms with Gasteiger partial charge in [-0.2, -0.15) is 0 Å². The molecule has 1 aliphatic carbocycles. The Morgan fingerprint density at radius 2 is 2.10 bits per heavy atom. The van der Waals surface area contributed by atoms with Crippen LogP contribution in [0.1, 0.15) is 33.6 Å². The van der Waals surface area contributed by atoms with Crippen LogP contribution in [0.15, 0.2) is 18.2 Å². The molecule has 1 aliphatic rings. The van der Waals surface area contributed by atoms with E-state index in [0.717, 1.165) is 16.4 Å². The van der Waals surface area contributed by atoms with Crippen LogP contribution in [0.3, 0.4) is 0 Å². The average molecular weight is 424 g/mol. The summed E-state index contributed by atoms with van der Waals surface area (Å²) in [6, 6.07) is 5.60. The van der Waals surface area contributed by atoms with Crippen LogP contribution in [0, 0.1) is 3.57 Å². The van der Waals surface area contributed by atoms with Crippen LogP contribution in [0.4, 0.5) is 4.79 Å². The molecule has 1 aromatic rings. The highest BCUT2D eigenvalue weighted by Gasteiger charge is 2.46. The second kappa shape index (κ2) is 6.20. The molecule has 1 amide bonds. The Labute approximate surface area is 143 Å². The second-order valence-electron chi connectivity index (χ2n) is 6.27. The first-order chi connectivity index (χ1) is 9.69. The predicted octanol–water partition coefficient (Wildman–Crippen LogP) is 4.38. The summed E-state index contributed by atoms with van der Waals surface area (Å²) in [4.78, 5) is 11.8. The smallest absolute Gasteiger partial charge is 0.408 e. The molecule has 0 heterocycles. The Kier molecular flexibility index (Phi) is 4.92. The van der Waals surface area contributed by atoms with E-state index >= 15 is 0 Å². The highest BCUT2D eigenvalue weighted by atomic mass is 127. The Bertz CT molecular complexity index is 538. The van der Waals surface area contributed by atoms with Crippen molar-refractivity contribution in [1.82, 2.24) is 5.32 Å². The third-order valence-corrected chi connectivity index (χ3v) is 4.00. The Morgan fingerprint density at radius 1 is 1.43 bits per heavy atom. The van der Waals surface area contributed by atoms with Gasteiger partial charge in [-0.25, -0.2) is 4.79 Å². The first-order valence-corrected chi connectivity index (χ1v) is 8.24. The topological polar surface area (TPSA) is 47.6 Å². The molecule has 0 bridgehead atoms. The summed E-state index contributed by atoms with van der Waals surface area (Å²) < 4.78 is 12.1. The Balaban J connectivity index is 1.90. The van der Waals surface area contributed by atoms with Gasteiger partial charge in [0, 0.05) is 3.57 Å². The maximum atomic E-state index is 11.8. The van der Waals surface area contributed by atoms with E-state index in [1.807, 2.05) is 32.9 Å². The van der Waals surface area contributed by atoms with Gasteiger partial charge >= 0.3 is 6.09 Å². The molecule has 0 spiro atoms. The van der Waals surface area contributed by atoms with Crippen molar-refractivity contribution < 1.29 is 14.3 Å².